The second-order valence-corrected chi connectivity index (χ2v) is 4.18. The lowest BCUT2D eigenvalue weighted by molar-refractivity contribution is -0.142. The first-order valence-corrected chi connectivity index (χ1v) is 6.17. The summed E-state index contributed by atoms with van der Waals surface area (Å²) in [7, 11) is 0. The Hall–Kier alpha value is -1.62. The van der Waals surface area contributed by atoms with Crippen molar-refractivity contribution < 1.29 is 14.3 Å². The highest BCUT2D eigenvalue weighted by Gasteiger charge is 2.22. The minimum Gasteiger partial charge on any atom is -0.466 e. The molecule has 0 spiro atoms. The molecule has 0 aliphatic carbocycles. The summed E-state index contributed by atoms with van der Waals surface area (Å²) < 4.78 is 10.2. The molecule has 2 aliphatic heterocycles. The molecule has 0 aromatic heterocycles. The molecule has 98 valence electrons. The number of carbonyl (C=O) groups excluding carboxylic acids is 1. The second kappa shape index (κ2) is 5.82. The van der Waals surface area contributed by atoms with Gasteiger partial charge in [0.25, 0.3) is 0 Å². The molecule has 1 fully saturated rings. The van der Waals surface area contributed by atoms with Gasteiger partial charge in [0.1, 0.15) is 5.84 Å². The molecule has 0 atom stereocenters. The Labute approximate surface area is 107 Å². The summed E-state index contributed by atoms with van der Waals surface area (Å²) in [5.41, 5.74) is 1.58. The summed E-state index contributed by atoms with van der Waals surface area (Å²) in [6.45, 7) is 9.21. The van der Waals surface area contributed by atoms with Crippen LogP contribution in [0, 0.1) is 0 Å². The molecule has 2 rings (SSSR count). The molecule has 2 heterocycles. The first-order chi connectivity index (χ1) is 8.70. The van der Waals surface area contributed by atoms with E-state index in [1.54, 1.807) is 6.92 Å². The van der Waals surface area contributed by atoms with Crippen molar-refractivity contribution in [3.05, 3.63) is 23.9 Å². The Morgan fingerprint density at radius 2 is 2.28 bits per heavy atom. The van der Waals surface area contributed by atoms with Gasteiger partial charge in [-0.1, -0.05) is 6.58 Å². The number of aliphatic imine (C=N–C) groups is 1. The molecule has 5 nitrogen and oxygen atoms in total. The van der Waals surface area contributed by atoms with Crippen molar-refractivity contribution in [1.29, 1.82) is 0 Å². The van der Waals surface area contributed by atoms with Crippen LogP contribution in [0.4, 0.5) is 0 Å². The summed E-state index contributed by atoms with van der Waals surface area (Å²) in [4.78, 5) is 18.0. The third-order valence-corrected chi connectivity index (χ3v) is 2.82. The number of carbonyl (C=O) groups is 1. The molecule has 0 N–H and O–H groups in total. The average molecular weight is 250 g/mol. The van der Waals surface area contributed by atoms with Crippen molar-refractivity contribution >= 4 is 11.8 Å². The molecule has 0 radical (unpaired) electrons. The number of nitrogens with zero attached hydrogens (tertiary/aromatic N) is 2. The topological polar surface area (TPSA) is 51.1 Å². The van der Waals surface area contributed by atoms with E-state index in [0.717, 1.165) is 30.2 Å². The molecule has 0 bridgehead atoms. The van der Waals surface area contributed by atoms with Gasteiger partial charge in [0.15, 0.2) is 0 Å². The molecular weight excluding hydrogens is 232 g/mol. The van der Waals surface area contributed by atoms with E-state index in [1.807, 2.05) is 6.08 Å². The van der Waals surface area contributed by atoms with Crippen LogP contribution in [-0.4, -0.2) is 49.6 Å². The molecule has 2 aliphatic rings. The zero-order valence-electron chi connectivity index (χ0n) is 10.6. The van der Waals surface area contributed by atoms with Crippen molar-refractivity contribution in [3.63, 3.8) is 0 Å². The normalized spacial score (nSPS) is 19.6. The van der Waals surface area contributed by atoms with E-state index in [1.165, 1.54) is 0 Å². The van der Waals surface area contributed by atoms with Crippen LogP contribution in [0.3, 0.4) is 0 Å². The Kier molecular flexibility index (Phi) is 4.15. The first-order valence-electron chi connectivity index (χ1n) is 6.17. The van der Waals surface area contributed by atoms with Gasteiger partial charge in [0.05, 0.1) is 31.9 Å². The smallest absolute Gasteiger partial charge is 0.311 e. The molecular formula is C13H18N2O3. The van der Waals surface area contributed by atoms with Gasteiger partial charge >= 0.3 is 5.97 Å². The monoisotopic (exact) mass is 250 g/mol. The van der Waals surface area contributed by atoms with Crippen molar-refractivity contribution in [2.75, 3.05) is 32.9 Å². The van der Waals surface area contributed by atoms with Crippen LogP contribution < -0.4 is 0 Å². The minimum atomic E-state index is -0.247. The Balaban J connectivity index is 1.98. The number of hydrogen-bond acceptors (Lipinski definition) is 5. The Morgan fingerprint density at radius 3 is 2.94 bits per heavy atom. The molecule has 1 saturated heterocycles. The van der Waals surface area contributed by atoms with E-state index in [9.17, 15) is 4.79 Å². The number of hydrogen-bond donors (Lipinski definition) is 0. The van der Waals surface area contributed by atoms with Crippen molar-refractivity contribution in [1.82, 2.24) is 4.90 Å². The quantitative estimate of drug-likeness (QED) is 0.704. The van der Waals surface area contributed by atoms with Crippen molar-refractivity contribution in [2.45, 2.75) is 13.3 Å². The molecule has 5 heteroatoms. The van der Waals surface area contributed by atoms with Crippen LogP contribution in [0.5, 0.6) is 0 Å². The molecule has 0 saturated carbocycles. The third kappa shape index (κ3) is 2.98. The molecule has 0 amide bonds. The first kappa shape index (κ1) is 12.8. The van der Waals surface area contributed by atoms with Gasteiger partial charge in [-0.05, 0) is 13.0 Å². The van der Waals surface area contributed by atoms with Gasteiger partial charge in [-0.25, -0.2) is 4.99 Å². The van der Waals surface area contributed by atoms with Gasteiger partial charge in [0, 0.05) is 18.7 Å². The Bertz CT molecular complexity index is 406. The van der Waals surface area contributed by atoms with Crippen LogP contribution in [0.15, 0.2) is 28.9 Å². The second-order valence-electron chi connectivity index (χ2n) is 4.18. The summed E-state index contributed by atoms with van der Waals surface area (Å²) in [6, 6.07) is 0. The summed E-state index contributed by atoms with van der Waals surface area (Å²) in [5, 5.41) is 0. The van der Waals surface area contributed by atoms with Gasteiger partial charge in [-0.3, -0.25) is 4.79 Å². The molecule has 0 aromatic carbocycles. The maximum Gasteiger partial charge on any atom is 0.311 e. The predicted octanol–water partition coefficient (Wildman–Crippen LogP) is 1.12. The summed E-state index contributed by atoms with van der Waals surface area (Å²) >= 11 is 0. The fraction of sp³-hybridized carbons (Fsp3) is 0.538. The fourth-order valence-corrected chi connectivity index (χ4v) is 2.01. The zero-order valence-corrected chi connectivity index (χ0v) is 10.6. The maximum atomic E-state index is 11.4. The number of ether oxygens (including phenoxy) is 2. The van der Waals surface area contributed by atoms with Crippen LogP contribution in [-0.2, 0) is 14.3 Å². The lowest BCUT2D eigenvalue weighted by Crippen LogP contribution is -2.40. The van der Waals surface area contributed by atoms with Crippen LogP contribution in [0.1, 0.15) is 13.3 Å². The lowest BCUT2D eigenvalue weighted by Gasteiger charge is -2.28. The molecule has 18 heavy (non-hydrogen) atoms. The predicted molar refractivity (Wildman–Crippen MR) is 68.3 cm³/mol. The van der Waals surface area contributed by atoms with Gasteiger partial charge in [-0.2, -0.15) is 0 Å². The van der Waals surface area contributed by atoms with E-state index >= 15 is 0 Å². The van der Waals surface area contributed by atoms with Crippen LogP contribution in [0.25, 0.3) is 0 Å². The van der Waals surface area contributed by atoms with Crippen molar-refractivity contribution in [2.24, 2.45) is 4.99 Å². The van der Waals surface area contributed by atoms with Gasteiger partial charge in [0.2, 0.25) is 0 Å². The molecule has 0 unspecified atom stereocenters. The lowest BCUT2D eigenvalue weighted by atomic mass is 10.2. The zero-order chi connectivity index (χ0) is 13.0. The van der Waals surface area contributed by atoms with E-state index in [4.69, 9.17) is 9.47 Å². The fourth-order valence-electron chi connectivity index (χ4n) is 2.01. The largest absolute Gasteiger partial charge is 0.466 e. The number of amidine groups is 1. The van der Waals surface area contributed by atoms with Gasteiger partial charge < -0.3 is 14.4 Å². The highest BCUT2D eigenvalue weighted by molar-refractivity contribution is 6.03. The average Bonchev–Trinajstić information content (AvgIpc) is 2.71. The third-order valence-electron chi connectivity index (χ3n) is 2.82. The number of morpholine rings is 1. The maximum absolute atomic E-state index is 11.4. The summed E-state index contributed by atoms with van der Waals surface area (Å²) in [5.74, 6) is 0.612. The van der Waals surface area contributed by atoms with E-state index < -0.39 is 0 Å². The van der Waals surface area contributed by atoms with Crippen LogP contribution in [0.2, 0.25) is 0 Å². The van der Waals surface area contributed by atoms with Crippen LogP contribution >= 0.6 is 0 Å². The van der Waals surface area contributed by atoms with E-state index in [2.05, 4.69) is 16.5 Å². The SMILES string of the molecule is C=C1C=C(CC(=O)OCC)N=C1N1CCOCC1. The Morgan fingerprint density at radius 1 is 1.56 bits per heavy atom. The number of rotatable bonds is 3. The molecule has 0 aromatic rings. The minimum absolute atomic E-state index is 0.209. The highest BCUT2D eigenvalue weighted by atomic mass is 16.5. The standard InChI is InChI=1S/C13H18N2O3/c1-3-18-12(16)9-11-8-10(2)13(14-11)15-4-6-17-7-5-15/h8H,2-7,9H2,1H3. The van der Waals surface area contributed by atoms with Crippen molar-refractivity contribution in [3.8, 4) is 0 Å². The van der Waals surface area contributed by atoms with E-state index in [-0.39, 0.29) is 12.4 Å². The number of esters is 1. The van der Waals surface area contributed by atoms with E-state index in [0.29, 0.717) is 19.8 Å². The summed E-state index contributed by atoms with van der Waals surface area (Å²) in [6.07, 6.45) is 2.06. The highest BCUT2D eigenvalue weighted by Crippen LogP contribution is 2.21. The van der Waals surface area contributed by atoms with Gasteiger partial charge in [-0.15, -0.1) is 0 Å².